The fraction of sp³-hybridized carbons (Fsp3) is 0.389. The molecule has 2 aliphatic rings. The van der Waals surface area contributed by atoms with Crippen molar-refractivity contribution in [3.63, 3.8) is 0 Å². The maximum Gasteiger partial charge on any atom is 0.0541 e. The Morgan fingerprint density at radius 3 is 2.95 bits per heavy atom. The summed E-state index contributed by atoms with van der Waals surface area (Å²) in [4.78, 5) is 4.36. The Morgan fingerprint density at radius 1 is 1.15 bits per heavy atom. The van der Waals surface area contributed by atoms with Gasteiger partial charge in [0.2, 0.25) is 0 Å². The van der Waals surface area contributed by atoms with E-state index in [-0.39, 0.29) is 0 Å². The SMILES string of the molecule is c1ccc(CNC[C@@H]2C[C@@]23CCc2ccccc23)nc1. The number of pyridine rings is 1. The molecule has 0 unspecified atom stereocenters. The van der Waals surface area contributed by atoms with Gasteiger partial charge >= 0.3 is 0 Å². The third-order valence-corrected chi connectivity index (χ3v) is 5.05. The van der Waals surface area contributed by atoms with Gasteiger partial charge in [0, 0.05) is 18.2 Å². The van der Waals surface area contributed by atoms with Gasteiger partial charge in [0.15, 0.2) is 0 Å². The van der Waals surface area contributed by atoms with E-state index in [9.17, 15) is 0 Å². The predicted molar refractivity (Wildman–Crippen MR) is 80.5 cm³/mol. The summed E-state index contributed by atoms with van der Waals surface area (Å²) in [6, 6.07) is 15.1. The third-order valence-electron chi connectivity index (χ3n) is 5.05. The topological polar surface area (TPSA) is 24.9 Å². The molecule has 2 aliphatic carbocycles. The van der Waals surface area contributed by atoms with Crippen LogP contribution in [0.3, 0.4) is 0 Å². The third kappa shape index (κ3) is 1.95. The Kier molecular flexibility index (Phi) is 2.85. The Balaban J connectivity index is 1.37. The van der Waals surface area contributed by atoms with Crippen LogP contribution < -0.4 is 5.32 Å². The molecule has 4 rings (SSSR count). The predicted octanol–water partition coefficient (Wildman–Crippen LogP) is 3.08. The molecule has 20 heavy (non-hydrogen) atoms. The summed E-state index contributed by atoms with van der Waals surface area (Å²) < 4.78 is 0. The summed E-state index contributed by atoms with van der Waals surface area (Å²) in [7, 11) is 0. The average Bonchev–Trinajstić information content (AvgIpc) is 3.08. The molecule has 0 saturated heterocycles. The zero-order valence-corrected chi connectivity index (χ0v) is 11.7. The van der Waals surface area contributed by atoms with Gasteiger partial charge in [0.1, 0.15) is 0 Å². The molecule has 0 radical (unpaired) electrons. The molecular formula is C18H20N2. The van der Waals surface area contributed by atoms with E-state index in [1.54, 1.807) is 11.1 Å². The quantitative estimate of drug-likeness (QED) is 0.918. The molecule has 0 bridgehead atoms. The van der Waals surface area contributed by atoms with E-state index in [1.807, 2.05) is 12.3 Å². The Morgan fingerprint density at radius 2 is 2.05 bits per heavy atom. The van der Waals surface area contributed by atoms with Crippen LogP contribution in [0, 0.1) is 5.92 Å². The number of aryl methyl sites for hydroxylation is 1. The number of benzene rings is 1. The van der Waals surface area contributed by atoms with Crippen molar-refractivity contribution in [1.82, 2.24) is 10.3 Å². The lowest BCUT2D eigenvalue weighted by Gasteiger charge is -2.12. The lowest BCUT2D eigenvalue weighted by Crippen LogP contribution is -2.20. The zero-order valence-electron chi connectivity index (χ0n) is 11.7. The number of aromatic nitrogens is 1. The first-order chi connectivity index (χ1) is 9.88. The standard InChI is InChI=1S/C18H20N2/c1-2-7-17-14(5-1)8-9-18(17)11-15(18)12-19-13-16-6-3-4-10-20-16/h1-7,10,15,19H,8-9,11-13H2/t15-,18-/m0/s1. The first kappa shape index (κ1) is 12.1. The van der Waals surface area contributed by atoms with Crippen molar-refractivity contribution >= 4 is 0 Å². The van der Waals surface area contributed by atoms with Crippen molar-refractivity contribution in [2.75, 3.05) is 6.54 Å². The average molecular weight is 264 g/mol. The fourth-order valence-corrected chi connectivity index (χ4v) is 3.88. The minimum Gasteiger partial charge on any atom is -0.311 e. The van der Waals surface area contributed by atoms with Crippen LogP contribution in [0.5, 0.6) is 0 Å². The van der Waals surface area contributed by atoms with E-state index in [0.717, 1.165) is 24.7 Å². The highest BCUT2D eigenvalue weighted by Crippen LogP contribution is 2.61. The van der Waals surface area contributed by atoms with Gasteiger partial charge in [0.05, 0.1) is 5.69 Å². The van der Waals surface area contributed by atoms with Crippen LogP contribution in [0.15, 0.2) is 48.7 Å². The Labute approximate surface area is 120 Å². The van der Waals surface area contributed by atoms with E-state index < -0.39 is 0 Å². The minimum atomic E-state index is 0.508. The first-order valence-corrected chi connectivity index (χ1v) is 7.57. The van der Waals surface area contributed by atoms with Crippen LogP contribution >= 0.6 is 0 Å². The van der Waals surface area contributed by atoms with Gasteiger partial charge in [-0.15, -0.1) is 0 Å². The van der Waals surface area contributed by atoms with Crippen molar-refractivity contribution in [3.05, 3.63) is 65.5 Å². The van der Waals surface area contributed by atoms with Crippen LogP contribution in [0.2, 0.25) is 0 Å². The molecular weight excluding hydrogens is 244 g/mol. The normalized spacial score (nSPS) is 26.7. The summed E-state index contributed by atoms with van der Waals surface area (Å²) in [6.07, 6.45) is 5.84. The fourth-order valence-electron chi connectivity index (χ4n) is 3.88. The molecule has 0 amide bonds. The van der Waals surface area contributed by atoms with Gasteiger partial charge in [-0.2, -0.15) is 0 Å². The van der Waals surface area contributed by atoms with E-state index in [0.29, 0.717) is 5.41 Å². The zero-order chi connectivity index (χ0) is 13.4. The van der Waals surface area contributed by atoms with E-state index in [4.69, 9.17) is 0 Å². The summed E-state index contributed by atoms with van der Waals surface area (Å²) in [5.74, 6) is 0.815. The number of fused-ring (bicyclic) bond motifs is 2. The molecule has 102 valence electrons. The number of nitrogens with zero attached hydrogens (tertiary/aromatic N) is 1. The summed E-state index contributed by atoms with van der Waals surface area (Å²) in [5, 5.41) is 3.58. The van der Waals surface area contributed by atoms with E-state index in [2.05, 4.69) is 46.7 Å². The molecule has 1 heterocycles. The maximum absolute atomic E-state index is 4.36. The Bertz CT molecular complexity index is 608. The van der Waals surface area contributed by atoms with Gasteiger partial charge < -0.3 is 5.32 Å². The second-order valence-electron chi connectivity index (χ2n) is 6.17. The van der Waals surface area contributed by atoms with Gasteiger partial charge in [-0.05, 0) is 55.0 Å². The number of hydrogen-bond donors (Lipinski definition) is 1. The van der Waals surface area contributed by atoms with E-state index in [1.165, 1.54) is 19.3 Å². The number of hydrogen-bond acceptors (Lipinski definition) is 2. The molecule has 1 saturated carbocycles. The minimum absolute atomic E-state index is 0.508. The maximum atomic E-state index is 4.36. The van der Waals surface area contributed by atoms with Gasteiger partial charge in [-0.25, -0.2) is 0 Å². The van der Waals surface area contributed by atoms with Crippen LogP contribution in [-0.2, 0) is 18.4 Å². The number of nitrogens with one attached hydrogen (secondary N) is 1. The van der Waals surface area contributed by atoms with Crippen LogP contribution in [0.1, 0.15) is 29.7 Å². The second kappa shape index (κ2) is 4.71. The molecule has 2 heteroatoms. The molecule has 2 aromatic rings. The van der Waals surface area contributed by atoms with Crippen molar-refractivity contribution < 1.29 is 0 Å². The molecule has 1 N–H and O–H groups in total. The molecule has 0 aliphatic heterocycles. The van der Waals surface area contributed by atoms with Gasteiger partial charge in [0.25, 0.3) is 0 Å². The highest BCUT2D eigenvalue weighted by Gasteiger charge is 2.57. The summed E-state index contributed by atoms with van der Waals surface area (Å²) in [5.41, 5.74) is 4.85. The van der Waals surface area contributed by atoms with Crippen LogP contribution in [0.25, 0.3) is 0 Å². The largest absolute Gasteiger partial charge is 0.311 e. The molecule has 1 aromatic carbocycles. The Hall–Kier alpha value is -1.67. The smallest absolute Gasteiger partial charge is 0.0541 e. The van der Waals surface area contributed by atoms with Crippen molar-refractivity contribution in [2.24, 2.45) is 5.92 Å². The molecule has 2 atom stereocenters. The molecule has 1 fully saturated rings. The van der Waals surface area contributed by atoms with Crippen LogP contribution in [0.4, 0.5) is 0 Å². The highest BCUT2D eigenvalue weighted by molar-refractivity contribution is 5.45. The van der Waals surface area contributed by atoms with Gasteiger partial charge in [-0.3, -0.25) is 4.98 Å². The van der Waals surface area contributed by atoms with Crippen LogP contribution in [-0.4, -0.2) is 11.5 Å². The molecule has 2 nitrogen and oxygen atoms in total. The number of rotatable bonds is 4. The van der Waals surface area contributed by atoms with Gasteiger partial charge in [-0.1, -0.05) is 30.3 Å². The monoisotopic (exact) mass is 264 g/mol. The first-order valence-electron chi connectivity index (χ1n) is 7.57. The van der Waals surface area contributed by atoms with Crippen molar-refractivity contribution in [1.29, 1.82) is 0 Å². The molecule has 1 aromatic heterocycles. The molecule has 1 spiro atoms. The second-order valence-corrected chi connectivity index (χ2v) is 6.17. The highest BCUT2D eigenvalue weighted by atomic mass is 14.9. The lowest BCUT2D eigenvalue weighted by atomic mass is 9.95. The van der Waals surface area contributed by atoms with E-state index >= 15 is 0 Å². The summed E-state index contributed by atoms with van der Waals surface area (Å²) >= 11 is 0. The lowest BCUT2D eigenvalue weighted by molar-refractivity contribution is 0.545. The summed E-state index contributed by atoms with van der Waals surface area (Å²) in [6.45, 7) is 2.00. The van der Waals surface area contributed by atoms with Crippen molar-refractivity contribution in [3.8, 4) is 0 Å². The van der Waals surface area contributed by atoms with Crippen molar-refractivity contribution in [2.45, 2.75) is 31.2 Å².